The van der Waals surface area contributed by atoms with Crippen molar-refractivity contribution in [2.75, 3.05) is 17.2 Å². The van der Waals surface area contributed by atoms with Crippen molar-refractivity contribution >= 4 is 17.3 Å². The normalized spacial score (nSPS) is 24.0. The Hall–Kier alpha value is -1.55. The van der Waals surface area contributed by atoms with Crippen molar-refractivity contribution in [1.82, 2.24) is 0 Å². The zero-order chi connectivity index (χ0) is 14.7. The summed E-state index contributed by atoms with van der Waals surface area (Å²) in [6.07, 6.45) is 7.15. The van der Waals surface area contributed by atoms with Crippen molar-refractivity contribution in [3.8, 4) is 0 Å². The number of benzene rings is 1. The van der Waals surface area contributed by atoms with Crippen molar-refractivity contribution in [1.29, 1.82) is 0 Å². The van der Waals surface area contributed by atoms with Crippen LogP contribution in [0.15, 0.2) is 24.3 Å². The number of rotatable bonds is 3. The molecule has 1 aromatic carbocycles. The molecule has 114 valence electrons. The lowest BCUT2D eigenvalue weighted by Gasteiger charge is -2.39. The van der Waals surface area contributed by atoms with Crippen LogP contribution in [-0.4, -0.2) is 24.2 Å². The minimum atomic E-state index is -0.0388. The third-order valence-corrected chi connectivity index (χ3v) is 4.56. The Kier molecular flexibility index (Phi) is 4.15. The molecule has 1 atom stereocenters. The zero-order valence-electron chi connectivity index (χ0n) is 12.7. The fourth-order valence-electron chi connectivity index (χ4n) is 3.64. The van der Waals surface area contributed by atoms with Crippen LogP contribution in [-0.2, 0) is 9.53 Å². The van der Waals surface area contributed by atoms with Gasteiger partial charge in [0.15, 0.2) is 0 Å². The summed E-state index contributed by atoms with van der Waals surface area (Å²) >= 11 is 0. The maximum atomic E-state index is 11.1. The van der Waals surface area contributed by atoms with E-state index >= 15 is 0 Å². The lowest BCUT2D eigenvalue weighted by Crippen LogP contribution is -2.42. The van der Waals surface area contributed by atoms with Gasteiger partial charge in [-0.1, -0.05) is 18.9 Å². The summed E-state index contributed by atoms with van der Waals surface area (Å²) in [7, 11) is 0. The molecule has 1 heterocycles. The maximum absolute atomic E-state index is 11.1. The second kappa shape index (κ2) is 6.06. The first kappa shape index (κ1) is 14.4. The van der Waals surface area contributed by atoms with Crippen molar-refractivity contribution < 1.29 is 9.53 Å². The van der Waals surface area contributed by atoms with E-state index in [4.69, 9.17) is 4.74 Å². The van der Waals surface area contributed by atoms with E-state index in [1.807, 2.05) is 18.2 Å². The highest BCUT2D eigenvalue weighted by Gasteiger charge is 2.39. The molecule has 1 aliphatic carbocycles. The number of hydrogen-bond donors (Lipinski definition) is 2. The van der Waals surface area contributed by atoms with E-state index in [-0.39, 0.29) is 11.5 Å². The van der Waals surface area contributed by atoms with Gasteiger partial charge in [0, 0.05) is 30.9 Å². The fraction of sp³-hybridized carbons (Fsp3) is 0.588. The minimum absolute atomic E-state index is 0.0388. The van der Waals surface area contributed by atoms with Gasteiger partial charge in [-0.05, 0) is 43.9 Å². The smallest absolute Gasteiger partial charge is 0.221 e. The molecule has 2 fully saturated rings. The highest BCUT2D eigenvalue weighted by molar-refractivity contribution is 5.89. The van der Waals surface area contributed by atoms with E-state index in [1.165, 1.54) is 32.6 Å². The van der Waals surface area contributed by atoms with Gasteiger partial charge in [-0.15, -0.1) is 0 Å². The van der Waals surface area contributed by atoms with E-state index in [9.17, 15) is 4.79 Å². The van der Waals surface area contributed by atoms with Gasteiger partial charge >= 0.3 is 0 Å². The average molecular weight is 288 g/mol. The Morgan fingerprint density at radius 1 is 1.29 bits per heavy atom. The summed E-state index contributed by atoms with van der Waals surface area (Å²) in [5.41, 5.74) is 2.04. The third-order valence-electron chi connectivity index (χ3n) is 4.56. The second-order valence-electron chi connectivity index (χ2n) is 6.33. The predicted octanol–water partition coefficient (Wildman–Crippen LogP) is 3.55. The topological polar surface area (TPSA) is 50.4 Å². The molecular formula is C17H24N2O2. The molecular weight excluding hydrogens is 264 g/mol. The number of anilines is 2. The lowest BCUT2D eigenvalue weighted by atomic mass is 9.89. The van der Waals surface area contributed by atoms with E-state index in [1.54, 1.807) is 0 Å². The molecule has 1 saturated carbocycles. The minimum Gasteiger partial charge on any atom is -0.382 e. The number of carbonyl (C=O) groups is 1. The monoisotopic (exact) mass is 288 g/mol. The van der Waals surface area contributed by atoms with Crippen LogP contribution in [0.4, 0.5) is 11.4 Å². The standard InChI is InChI=1S/C17H24N2O2/c1-13(20)18-14-5-4-6-15(11-14)19-16-7-10-21-17(12-16)8-2-3-9-17/h4-6,11,16,19H,2-3,7-10,12H2,1H3,(H,18,20). The van der Waals surface area contributed by atoms with Gasteiger partial charge in [0.05, 0.1) is 5.60 Å². The van der Waals surface area contributed by atoms with Crippen LogP contribution in [0.3, 0.4) is 0 Å². The second-order valence-corrected chi connectivity index (χ2v) is 6.33. The van der Waals surface area contributed by atoms with Crippen LogP contribution in [0.1, 0.15) is 45.4 Å². The summed E-state index contributed by atoms with van der Waals surface area (Å²) in [5.74, 6) is -0.0388. The number of hydrogen-bond acceptors (Lipinski definition) is 3. The van der Waals surface area contributed by atoms with Gasteiger partial charge in [-0.3, -0.25) is 4.79 Å². The molecule has 1 unspecified atom stereocenters. The molecule has 3 rings (SSSR count). The molecule has 4 heteroatoms. The summed E-state index contributed by atoms with van der Waals surface area (Å²) in [5, 5.41) is 6.44. The Morgan fingerprint density at radius 3 is 2.81 bits per heavy atom. The molecule has 2 aliphatic rings. The van der Waals surface area contributed by atoms with E-state index in [2.05, 4.69) is 16.7 Å². The van der Waals surface area contributed by atoms with Gasteiger partial charge in [0.2, 0.25) is 5.91 Å². The first-order valence-corrected chi connectivity index (χ1v) is 7.93. The van der Waals surface area contributed by atoms with Gasteiger partial charge in [0.1, 0.15) is 0 Å². The molecule has 1 saturated heterocycles. The third kappa shape index (κ3) is 3.56. The van der Waals surface area contributed by atoms with Gasteiger partial charge in [0.25, 0.3) is 0 Å². The molecule has 2 N–H and O–H groups in total. The molecule has 21 heavy (non-hydrogen) atoms. The van der Waals surface area contributed by atoms with Crippen molar-refractivity contribution in [3.63, 3.8) is 0 Å². The summed E-state index contributed by atoms with van der Waals surface area (Å²) < 4.78 is 6.07. The summed E-state index contributed by atoms with van der Waals surface area (Å²) in [6.45, 7) is 2.38. The molecule has 4 nitrogen and oxygen atoms in total. The molecule has 0 radical (unpaired) electrons. The quantitative estimate of drug-likeness (QED) is 0.894. The molecule has 1 aromatic rings. The molecule has 0 bridgehead atoms. The van der Waals surface area contributed by atoms with Crippen molar-refractivity contribution in [2.24, 2.45) is 0 Å². The highest BCUT2D eigenvalue weighted by Crippen LogP contribution is 2.40. The fourth-order valence-corrected chi connectivity index (χ4v) is 3.64. The Labute approximate surface area is 126 Å². The van der Waals surface area contributed by atoms with Crippen LogP contribution >= 0.6 is 0 Å². The van der Waals surface area contributed by atoms with Crippen LogP contribution in [0, 0.1) is 0 Å². The van der Waals surface area contributed by atoms with E-state index < -0.39 is 0 Å². The highest BCUT2D eigenvalue weighted by atomic mass is 16.5. The molecule has 0 aromatic heterocycles. The van der Waals surface area contributed by atoms with Crippen LogP contribution in [0.25, 0.3) is 0 Å². The zero-order valence-corrected chi connectivity index (χ0v) is 12.7. The van der Waals surface area contributed by atoms with Crippen LogP contribution < -0.4 is 10.6 Å². The van der Waals surface area contributed by atoms with E-state index in [0.29, 0.717) is 6.04 Å². The number of nitrogens with one attached hydrogen (secondary N) is 2. The van der Waals surface area contributed by atoms with Crippen LogP contribution in [0.5, 0.6) is 0 Å². The lowest BCUT2D eigenvalue weighted by molar-refractivity contribution is -0.114. The van der Waals surface area contributed by atoms with Crippen molar-refractivity contribution in [3.05, 3.63) is 24.3 Å². The van der Waals surface area contributed by atoms with Gasteiger partial charge < -0.3 is 15.4 Å². The Bertz CT molecular complexity index is 509. The van der Waals surface area contributed by atoms with Crippen LogP contribution in [0.2, 0.25) is 0 Å². The van der Waals surface area contributed by atoms with Gasteiger partial charge in [-0.2, -0.15) is 0 Å². The number of ether oxygens (including phenoxy) is 1. The maximum Gasteiger partial charge on any atom is 0.221 e. The molecule has 1 spiro atoms. The average Bonchev–Trinajstić information content (AvgIpc) is 2.86. The molecule has 1 amide bonds. The predicted molar refractivity (Wildman–Crippen MR) is 84.5 cm³/mol. The molecule has 1 aliphatic heterocycles. The van der Waals surface area contributed by atoms with Gasteiger partial charge in [-0.25, -0.2) is 0 Å². The van der Waals surface area contributed by atoms with Crippen molar-refractivity contribution in [2.45, 2.75) is 57.1 Å². The first-order valence-electron chi connectivity index (χ1n) is 7.93. The van der Waals surface area contributed by atoms with E-state index in [0.717, 1.165) is 30.8 Å². The first-order chi connectivity index (χ1) is 10.2. The summed E-state index contributed by atoms with van der Waals surface area (Å²) in [4.78, 5) is 11.1. The number of carbonyl (C=O) groups excluding carboxylic acids is 1. The Morgan fingerprint density at radius 2 is 2.05 bits per heavy atom. The summed E-state index contributed by atoms with van der Waals surface area (Å²) in [6, 6.07) is 8.40. The number of amides is 1. The Balaban J connectivity index is 1.64. The SMILES string of the molecule is CC(=O)Nc1cccc(NC2CCOC3(CCCC3)C2)c1. The largest absolute Gasteiger partial charge is 0.382 e.